The lowest BCUT2D eigenvalue weighted by Gasteiger charge is -2.33. The highest BCUT2D eigenvalue weighted by Crippen LogP contribution is 2.44. The molecule has 0 saturated carbocycles. The van der Waals surface area contributed by atoms with Crippen LogP contribution in [0.5, 0.6) is 0 Å². The Morgan fingerprint density at radius 1 is 1.29 bits per heavy atom. The summed E-state index contributed by atoms with van der Waals surface area (Å²) in [4.78, 5) is 16.1. The van der Waals surface area contributed by atoms with Crippen LogP contribution in [0.4, 0.5) is 10.7 Å². The number of fused-ring (bicyclic) bond motifs is 1. The molecule has 0 bridgehead atoms. The molecule has 0 spiro atoms. The third-order valence-electron chi connectivity index (χ3n) is 6.66. The van der Waals surface area contributed by atoms with Crippen LogP contribution < -0.4 is 10.2 Å². The molecule has 1 aromatic carbocycles. The molecule has 1 aliphatic carbocycles. The van der Waals surface area contributed by atoms with Gasteiger partial charge in [-0.2, -0.15) is 5.26 Å². The van der Waals surface area contributed by atoms with Gasteiger partial charge < -0.3 is 14.8 Å². The Kier molecular flexibility index (Phi) is 7.25. The quantitative estimate of drug-likeness (QED) is 0.451. The summed E-state index contributed by atoms with van der Waals surface area (Å²) < 4.78 is 1.90. The Bertz CT molecular complexity index is 1260. The number of amides is 1. The van der Waals surface area contributed by atoms with Crippen molar-refractivity contribution >= 4 is 39.7 Å². The highest BCUT2D eigenvalue weighted by Gasteiger charge is 2.32. The summed E-state index contributed by atoms with van der Waals surface area (Å²) in [6.07, 6.45) is 2.95. The fraction of sp³-hybridized carbons (Fsp3) is 0.462. The number of thiophene rings is 1. The maximum absolute atomic E-state index is 12.8. The smallest absolute Gasteiger partial charge is 0.235 e. The van der Waals surface area contributed by atoms with Crippen molar-refractivity contribution in [1.29, 1.82) is 5.26 Å². The van der Waals surface area contributed by atoms with E-state index in [0.717, 1.165) is 41.9 Å². The lowest BCUT2D eigenvalue weighted by molar-refractivity contribution is -0.113. The second-order valence-electron chi connectivity index (χ2n) is 10.3. The van der Waals surface area contributed by atoms with E-state index in [1.807, 2.05) is 54.9 Å². The first-order valence-electron chi connectivity index (χ1n) is 11.7. The molecule has 1 atom stereocenters. The molecule has 3 aromatic rings. The molecule has 2 aromatic heterocycles. The van der Waals surface area contributed by atoms with Gasteiger partial charge >= 0.3 is 0 Å². The van der Waals surface area contributed by atoms with Gasteiger partial charge in [-0.3, -0.25) is 4.79 Å². The van der Waals surface area contributed by atoms with Crippen molar-refractivity contribution in [3.8, 4) is 17.5 Å². The van der Waals surface area contributed by atoms with Crippen molar-refractivity contribution in [1.82, 2.24) is 14.8 Å². The second kappa shape index (κ2) is 10.0. The zero-order valence-corrected chi connectivity index (χ0v) is 22.8. The fourth-order valence-electron chi connectivity index (χ4n) is 4.42. The zero-order valence-electron chi connectivity index (χ0n) is 21.2. The van der Waals surface area contributed by atoms with Crippen LogP contribution in [0.1, 0.15) is 43.2 Å². The van der Waals surface area contributed by atoms with E-state index in [1.54, 1.807) is 11.3 Å². The lowest BCUT2D eigenvalue weighted by atomic mass is 9.72. The minimum atomic E-state index is -0.141. The van der Waals surface area contributed by atoms with E-state index in [0.29, 0.717) is 21.6 Å². The molecule has 7 nitrogen and oxygen atoms in total. The normalized spacial score (nSPS) is 15.4. The molecule has 2 heterocycles. The summed E-state index contributed by atoms with van der Waals surface area (Å²) >= 11 is 2.90. The van der Waals surface area contributed by atoms with Gasteiger partial charge in [-0.1, -0.05) is 32.5 Å². The summed E-state index contributed by atoms with van der Waals surface area (Å²) in [6, 6.07) is 10.5. The van der Waals surface area contributed by atoms with E-state index >= 15 is 0 Å². The predicted octanol–water partition coefficient (Wildman–Crippen LogP) is 5.36. The molecule has 9 heteroatoms. The molecule has 0 radical (unpaired) electrons. The van der Waals surface area contributed by atoms with Gasteiger partial charge in [0.1, 0.15) is 11.1 Å². The first kappa shape index (κ1) is 25.3. The van der Waals surface area contributed by atoms with Gasteiger partial charge in [0.05, 0.1) is 11.3 Å². The number of thioether (sulfide) groups is 1. The number of carbonyl (C=O) groups excluding carboxylic acids is 1. The molecule has 184 valence electrons. The highest BCUT2D eigenvalue weighted by molar-refractivity contribution is 7.99. The van der Waals surface area contributed by atoms with Crippen molar-refractivity contribution in [2.45, 2.75) is 45.2 Å². The number of nitrogens with zero attached hydrogens (tertiary/aromatic N) is 5. The van der Waals surface area contributed by atoms with Gasteiger partial charge in [0.15, 0.2) is 11.0 Å². The lowest BCUT2D eigenvalue weighted by Crippen LogP contribution is -2.26. The van der Waals surface area contributed by atoms with Gasteiger partial charge in [-0.25, -0.2) is 0 Å². The number of nitriles is 1. The van der Waals surface area contributed by atoms with Crippen molar-refractivity contribution < 1.29 is 4.79 Å². The molecule has 0 fully saturated rings. The number of benzene rings is 1. The van der Waals surface area contributed by atoms with E-state index in [2.05, 4.69) is 42.4 Å². The standard InChI is InChI=1S/C26H32N6OS2/c1-26(2,3)17-9-12-19-20(14-27)24(35-21(19)13-17)28-22(33)15-34-25-30-29-23(32(25)6)16-7-10-18(11-8-16)31(4)5/h7-8,10-11,17H,9,12-13,15H2,1-6H3,(H,28,33). The van der Waals surface area contributed by atoms with Crippen LogP contribution in [0.3, 0.4) is 0 Å². The number of nitrogens with one attached hydrogen (secondary N) is 1. The number of rotatable bonds is 6. The van der Waals surface area contributed by atoms with E-state index < -0.39 is 0 Å². The van der Waals surface area contributed by atoms with Gasteiger partial charge in [-0.15, -0.1) is 21.5 Å². The summed E-state index contributed by atoms with van der Waals surface area (Å²) in [5, 5.41) is 22.7. The van der Waals surface area contributed by atoms with Gasteiger partial charge in [0.2, 0.25) is 5.91 Å². The Hall–Kier alpha value is -2.83. The predicted molar refractivity (Wildman–Crippen MR) is 144 cm³/mol. The SMILES string of the molecule is CN(C)c1ccc(-c2nnc(SCC(=O)Nc3sc4c(c3C#N)CCC(C(C)(C)C)C4)n2C)cc1. The van der Waals surface area contributed by atoms with Gasteiger partial charge in [0, 0.05) is 37.3 Å². The molecular weight excluding hydrogens is 476 g/mol. The van der Waals surface area contributed by atoms with E-state index in [9.17, 15) is 10.1 Å². The number of hydrogen-bond donors (Lipinski definition) is 1. The van der Waals surface area contributed by atoms with E-state index in [-0.39, 0.29) is 17.1 Å². The van der Waals surface area contributed by atoms with Crippen LogP contribution in [0.15, 0.2) is 29.4 Å². The molecule has 0 aliphatic heterocycles. The van der Waals surface area contributed by atoms with Crippen molar-refractivity contribution in [3.63, 3.8) is 0 Å². The van der Waals surface area contributed by atoms with Crippen LogP contribution in [-0.2, 0) is 24.7 Å². The average Bonchev–Trinajstić information content (AvgIpc) is 3.35. The molecular formula is C26H32N6OS2. The van der Waals surface area contributed by atoms with E-state index in [4.69, 9.17) is 0 Å². The van der Waals surface area contributed by atoms with Gasteiger partial charge in [0.25, 0.3) is 0 Å². The van der Waals surface area contributed by atoms with Crippen LogP contribution in [0.2, 0.25) is 0 Å². The van der Waals surface area contributed by atoms with Crippen LogP contribution >= 0.6 is 23.1 Å². The molecule has 1 aliphatic rings. The first-order valence-corrected chi connectivity index (χ1v) is 13.5. The van der Waals surface area contributed by atoms with Crippen molar-refractivity contribution in [2.24, 2.45) is 18.4 Å². The molecule has 1 amide bonds. The molecule has 1 unspecified atom stereocenters. The van der Waals surface area contributed by atoms with Crippen LogP contribution in [0.25, 0.3) is 11.4 Å². The minimum Gasteiger partial charge on any atom is -0.378 e. The van der Waals surface area contributed by atoms with Gasteiger partial charge in [-0.05, 0) is 60.4 Å². The largest absolute Gasteiger partial charge is 0.378 e. The van der Waals surface area contributed by atoms with Crippen LogP contribution in [0, 0.1) is 22.7 Å². The third kappa shape index (κ3) is 5.39. The Labute approximate surface area is 215 Å². The topological polar surface area (TPSA) is 86.8 Å². The molecule has 0 saturated heterocycles. The average molecular weight is 509 g/mol. The monoisotopic (exact) mass is 508 g/mol. The maximum atomic E-state index is 12.8. The second-order valence-corrected chi connectivity index (χ2v) is 12.3. The first-order chi connectivity index (χ1) is 16.6. The number of hydrogen-bond acceptors (Lipinski definition) is 7. The van der Waals surface area contributed by atoms with Crippen LogP contribution in [-0.4, -0.2) is 40.5 Å². The minimum absolute atomic E-state index is 0.141. The number of aromatic nitrogens is 3. The Morgan fingerprint density at radius 2 is 2.00 bits per heavy atom. The van der Waals surface area contributed by atoms with E-state index in [1.165, 1.54) is 16.6 Å². The number of anilines is 2. The Balaban J connectivity index is 1.42. The highest BCUT2D eigenvalue weighted by atomic mass is 32.2. The molecule has 35 heavy (non-hydrogen) atoms. The molecule has 4 rings (SSSR count). The molecule has 1 N–H and O–H groups in total. The number of carbonyl (C=O) groups is 1. The summed E-state index contributed by atoms with van der Waals surface area (Å²) in [7, 11) is 5.91. The Morgan fingerprint density at radius 3 is 2.63 bits per heavy atom. The fourth-order valence-corrected chi connectivity index (χ4v) is 6.43. The third-order valence-corrected chi connectivity index (χ3v) is 8.85. The summed E-state index contributed by atoms with van der Waals surface area (Å²) in [5.41, 5.74) is 4.08. The summed E-state index contributed by atoms with van der Waals surface area (Å²) in [5.74, 6) is 1.40. The summed E-state index contributed by atoms with van der Waals surface area (Å²) in [6.45, 7) is 6.83. The van der Waals surface area contributed by atoms with Crippen molar-refractivity contribution in [2.75, 3.05) is 30.1 Å². The zero-order chi connectivity index (χ0) is 25.3. The maximum Gasteiger partial charge on any atom is 0.235 e. The van der Waals surface area contributed by atoms with Crippen molar-refractivity contribution in [3.05, 3.63) is 40.3 Å².